The molecule has 1 aliphatic rings. The minimum atomic E-state index is 0.355. The van der Waals surface area contributed by atoms with E-state index in [2.05, 4.69) is 27.4 Å². The number of ether oxygens (including phenoxy) is 3. The van der Waals surface area contributed by atoms with Crippen molar-refractivity contribution in [2.24, 2.45) is 0 Å². The zero-order valence-corrected chi connectivity index (χ0v) is 16.2. The number of methoxy groups -OCH3 is 3. The maximum atomic E-state index is 5.49. The Bertz CT molecular complexity index is 951. The molecule has 3 heterocycles. The normalized spacial score (nSPS) is 14.9. The van der Waals surface area contributed by atoms with Crippen LogP contribution in [0.5, 0.6) is 17.2 Å². The van der Waals surface area contributed by atoms with Crippen molar-refractivity contribution in [1.82, 2.24) is 9.97 Å². The first-order valence-electron chi connectivity index (χ1n) is 9.16. The van der Waals surface area contributed by atoms with Crippen molar-refractivity contribution in [3.63, 3.8) is 0 Å². The van der Waals surface area contributed by atoms with Crippen LogP contribution in [0.2, 0.25) is 0 Å². The molecule has 144 valence electrons. The molecule has 0 saturated heterocycles. The Balaban J connectivity index is 1.70. The molecule has 0 amide bonds. The first-order valence-corrected chi connectivity index (χ1v) is 9.16. The molecule has 0 radical (unpaired) electrons. The van der Waals surface area contributed by atoms with Crippen molar-refractivity contribution < 1.29 is 14.2 Å². The maximum absolute atomic E-state index is 5.49. The van der Waals surface area contributed by atoms with E-state index in [9.17, 15) is 0 Å². The van der Waals surface area contributed by atoms with E-state index in [1.165, 1.54) is 11.1 Å². The van der Waals surface area contributed by atoms with Crippen LogP contribution in [0.15, 0.2) is 48.9 Å². The number of aromatic nitrogens is 2. The van der Waals surface area contributed by atoms with E-state index in [-0.39, 0.29) is 0 Å². The Kier molecular flexibility index (Phi) is 5.02. The molecular formula is C22H23N3O3. The van der Waals surface area contributed by atoms with Gasteiger partial charge in [0.05, 0.1) is 21.3 Å². The molecule has 0 spiro atoms. The van der Waals surface area contributed by atoms with Crippen molar-refractivity contribution >= 4 is 5.82 Å². The van der Waals surface area contributed by atoms with Gasteiger partial charge < -0.3 is 19.5 Å². The van der Waals surface area contributed by atoms with Gasteiger partial charge in [0.15, 0.2) is 11.5 Å². The van der Waals surface area contributed by atoms with Gasteiger partial charge in [-0.2, -0.15) is 0 Å². The van der Waals surface area contributed by atoms with Gasteiger partial charge in [0, 0.05) is 42.2 Å². The van der Waals surface area contributed by atoms with Gasteiger partial charge in [-0.1, -0.05) is 6.07 Å². The molecule has 3 aromatic rings. The Morgan fingerprint density at radius 1 is 1.00 bits per heavy atom. The first-order chi connectivity index (χ1) is 13.7. The maximum Gasteiger partial charge on any atom is 0.203 e. The molecule has 1 atom stereocenters. The van der Waals surface area contributed by atoms with Gasteiger partial charge >= 0.3 is 0 Å². The molecule has 2 aromatic heterocycles. The lowest BCUT2D eigenvalue weighted by Gasteiger charge is -2.15. The summed E-state index contributed by atoms with van der Waals surface area (Å²) in [5.41, 5.74) is 4.42. The topological polar surface area (TPSA) is 65.5 Å². The van der Waals surface area contributed by atoms with Gasteiger partial charge in [-0.15, -0.1) is 0 Å². The highest BCUT2D eigenvalue weighted by atomic mass is 16.5. The number of hydrogen-bond acceptors (Lipinski definition) is 6. The van der Waals surface area contributed by atoms with Gasteiger partial charge in [0.25, 0.3) is 0 Å². The molecule has 28 heavy (non-hydrogen) atoms. The average molecular weight is 377 g/mol. The van der Waals surface area contributed by atoms with E-state index in [1.54, 1.807) is 27.5 Å². The fourth-order valence-electron chi connectivity index (χ4n) is 3.66. The second kappa shape index (κ2) is 7.76. The second-order valence-electron chi connectivity index (χ2n) is 6.72. The summed E-state index contributed by atoms with van der Waals surface area (Å²) in [5.74, 6) is 3.14. The SMILES string of the molecule is COc1cc(-c2cnc3c(c2)C(Cc2cccnc2)CN3)cc(OC)c1OC. The van der Waals surface area contributed by atoms with Gasteiger partial charge in [0.2, 0.25) is 5.75 Å². The molecule has 1 N–H and O–H groups in total. The first kappa shape index (κ1) is 18.1. The van der Waals surface area contributed by atoms with Crippen LogP contribution in [0.3, 0.4) is 0 Å². The molecule has 0 saturated carbocycles. The number of benzene rings is 1. The zero-order valence-electron chi connectivity index (χ0n) is 16.2. The standard InChI is InChI=1S/C22H23N3O3/c1-26-19-9-15(10-20(27-2)21(19)28-3)16-8-18-17(13-25-22(18)24-12-16)7-14-5-4-6-23-11-14/h4-6,8-12,17H,7,13H2,1-3H3,(H,24,25). The average Bonchev–Trinajstić information content (AvgIpc) is 3.15. The summed E-state index contributed by atoms with van der Waals surface area (Å²) in [4.78, 5) is 8.87. The fourth-order valence-corrected chi connectivity index (χ4v) is 3.66. The Labute approximate surface area is 164 Å². The van der Waals surface area contributed by atoms with E-state index in [0.717, 1.165) is 29.9 Å². The number of rotatable bonds is 6. The van der Waals surface area contributed by atoms with Crippen LogP contribution < -0.4 is 19.5 Å². The zero-order chi connectivity index (χ0) is 19.5. The third-order valence-electron chi connectivity index (χ3n) is 5.08. The molecule has 0 fully saturated rings. The second-order valence-corrected chi connectivity index (χ2v) is 6.72. The van der Waals surface area contributed by atoms with Crippen molar-refractivity contribution in [3.05, 3.63) is 60.0 Å². The van der Waals surface area contributed by atoms with Crippen LogP contribution in [0, 0.1) is 0 Å². The third kappa shape index (κ3) is 3.33. The van der Waals surface area contributed by atoms with Gasteiger partial charge in [-0.25, -0.2) is 4.98 Å². The van der Waals surface area contributed by atoms with E-state index in [1.807, 2.05) is 30.6 Å². The molecule has 1 unspecified atom stereocenters. The molecule has 0 bridgehead atoms. The van der Waals surface area contributed by atoms with Crippen LogP contribution in [-0.4, -0.2) is 37.8 Å². The van der Waals surface area contributed by atoms with E-state index in [0.29, 0.717) is 23.2 Å². The number of hydrogen-bond donors (Lipinski definition) is 1. The van der Waals surface area contributed by atoms with Gasteiger partial charge in [-0.05, 0) is 41.8 Å². The summed E-state index contributed by atoms with van der Waals surface area (Å²) in [7, 11) is 4.84. The summed E-state index contributed by atoms with van der Waals surface area (Å²) in [6.07, 6.45) is 6.52. The number of fused-ring (bicyclic) bond motifs is 1. The van der Waals surface area contributed by atoms with Crippen molar-refractivity contribution in [3.8, 4) is 28.4 Å². The lowest BCUT2D eigenvalue weighted by Crippen LogP contribution is -2.05. The predicted molar refractivity (Wildman–Crippen MR) is 109 cm³/mol. The van der Waals surface area contributed by atoms with E-state index in [4.69, 9.17) is 14.2 Å². The number of nitrogens with one attached hydrogen (secondary N) is 1. The quantitative estimate of drug-likeness (QED) is 0.702. The Hall–Kier alpha value is -3.28. The molecule has 4 rings (SSSR count). The molecule has 1 aromatic carbocycles. The molecule has 6 nitrogen and oxygen atoms in total. The molecule has 0 aliphatic carbocycles. The summed E-state index contributed by atoms with van der Waals surface area (Å²) in [5, 5.41) is 3.41. The lowest BCUT2D eigenvalue weighted by molar-refractivity contribution is 0.324. The van der Waals surface area contributed by atoms with Crippen molar-refractivity contribution in [2.75, 3.05) is 33.2 Å². The van der Waals surface area contributed by atoms with Gasteiger partial charge in [0.1, 0.15) is 5.82 Å². The summed E-state index contributed by atoms with van der Waals surface area (Å²) in [6, 6.07) is 10.2. The van der Waals surface area contributed by atoms with Crippen molar-refractivity contribution in [1.29, 1.82) is 0 Å². The number of nitrogens with zero attached hydrogens (tertiary/aromatic N) is 2. The smallest absolute Gasteiger partial charge is 0.203 e. The highest BCUT2D eigenvalue weighted by molar-refractivity contribution is 5.73. The van der Waals surface area contributed by atoms with Crippen LogP contribution in [-0.2, 0) is 6.42 Å². The molecular weight excluding hydrogens is 354 g/mol. The minimum Gasteiger partial charge on any atom is -0.493 e. The van der Waals surface area contributed by atoms with Crippen LogP contribution in [0.4, 0.5) is 5.82 Å². The largest absolute Gasteiger partial charge is 0.493 e. The molecule has 1 aliphatic heterocycles. The van der Waals surface area contributed by atoms with Crippen LogP contribution in [0.25, 0.3) is 11.1 Å². The minimum absolute atomic E-state index is 0.355. The highest BCUT2D eigenvalue weighted by Gasteiger charge is 2.25. The predicted octanol–water partition coefficient (Wildman–Crippen LogP) is 3.92. The Morgan fingerprint density at radius 2 is 1.79 bits per heavy atom. The third-order valence-corrected chi connectivity index (χ3v) is 5.08. The summed E-state index contributed by atoms with van der Waals surface area (Å²) in [6.45, 7) is 0.871. The number of anilines is 1. The van der Waals surface area contributed by atoms with Crippen LogP contribution >= 0.6 is 0 Å². The van der Waals surface area contributed by atoms with Crippen molar-refractivity contribution in [2.45, 2.75) is 12.3 Å². The summed E-state index contributed by atoms with van der Waals surface area (Å²) < 4.78 is 16.4. The molecule has 6 heteroatoms. The fraction of sp³-hybridized carbons (Fsp3) is 0.273. The van der Waals surface area contributed by atoms with E-state index >= 15 is 0 Å². The lowest BCUT2D eigenvalue weighted by atomic mass is 9.93. The number of pyridine rings is 2. The summed E-state index contributed by atoms with van der Waals surface area (Å²) >= 11 is 0. The van der Waals surface area contributed by atoms with Crippen LogP contribution in [0.1, 0.15) is 17.0 Å². The van der Waals surface area contributed by atoms with E-state index < -0.39 is 0 Å². The van der Waals surface area contributed by atoms with Gasteiger partial charge in [-0.3, -0.25) is 4.98 Å². The monoisotopic (exact) mass is 377 g/mol. The Morgan fingerprint density at radius 3 is 2.43 bits per heavy atom. The highest BCUT2D eigenvalue weighted by Crippen LogP contribution is 2.42.